The molecule has 5 heteroatoms. The van der Waals surface area contributed by atoms with Gasteiger partial charge >= 0.3 is 0 Å². The Hall–Kier alpha value is -2.85. The summed E-state index contributed by atoms with van der Waals surface area (Å²) in [6.45, 7) is 0. The quantitative estimate of drug-likeness (QED) is 0.576. The first-order valence-corrected chi connectivity index (χ1v) is 7.47. The minimum Gasteiger partial charge on any atom is -0.367 e. The fourth-order valence-corrected chi connectivity index (χ4v) is 2.72. The molecule has 4 rings (SSSR count). The van der Waals surface area contributed by atoms with Gasteiger partial charge in [-0.05, 0) is 23.8 Å². The van der Waals surface area contributed by atoms with Gasteiger partial charge in [0.25, 0.3) is 0 Å². The maximum Gasteiger partial charge on any atom is 0.232 e. The third kappa shape index (κ3) is 2.43. The number of anilines is 1. The third-order valence-electron chi connectivity index (χ3n) is 3.70. The molecule has 112 valence electrons. The number of aromatic nitrogens is 2. The molecule has 2 aromatic carbocycles. The second-order valence-electron chi connectivity index (χ2n) is 5.17. The van der Waals surface area contributed by atoms with Crippen molar-refractivity contribution < 1.29 is 4.52 Å². The molecular formula is C18H12ClN3O. The van der Waals surface area contributed by atoms with Crippen molar-refractivity contribution in [1.82, 2.24) is 10.1 Å². The second-order valence-corrected chi connectivity index (χ2v) is 5.61. The summed E-state index contributed by atoms with van der Waals surface area (Å²) in [6.07, 6.45) is 0. The van der Waals surface area contributed by atoms with Gasteiger partial charge in [0.2, 0.25) is 11.5 Å². The van der Waals surface area contributed by atoms with E-state index < -0.39 is 0 Å². The predicted octanol–water partition coefficient (Wildman–Crippen LogP) is 4.79. The Morgan fingerprint density at radius 1 is 0.913 bits per heavy atom. The van der Waals surface area contributed by atoms with Gasteiger partial charge in [0.05, 0.1) is 11.1 Å². The van der Waals surface area contributed by atoms with Gasteiger partial charge in [0, 0.05) is 16.1 Å². The van der Waals surface area contributed by atoms with Gasteiger partial charge in [-0.3, -0.25) is 0 Å². The van der Waals surface area contributed by atoms with Crippen LogP contribution in [-0.4, -0.2) is 10.1 Å². The number of pyridine rings is 1. The second kappa shape index (κ2) is 5.41. The molecule has 0 aliphatic rings. The van der Waals surface area contributed by atoms with Gasteiger partial charge in [-0.2, -0.15) is 0 Å². The summed E-state index contributed by atoms with van der Waals surface area (Å²) in [6, 6.07) is 19.5. The van der Waals surface area contributed by atoms with Crippen LogP contribution in [-0.2, 0) is 0 Å². The van der Waals surface area contributed by atoms with Crippen LogP contribution in [0.2, 0.25) is 5.02 Å². The van der Waals surface area contributed by atoms with E-state index in [4.69, 9.17) is 21.9 Å². The molecular weight excluding hydrogens is 310 g/mol. The summed E-state index contributed by atoms with van der Waals surface area (Å²) in [7, 11) is 0. The van der Waals surface area contributed by atoms with E-state index in [9.17, 15) is 0 Å². The van der Waals surface area contributed by atoms with Crippen LogP contribution >= 0.6 is 11.6 Å². The van der Waals surface area contributed by atoms with Gasteiger partial charge in [0.1, 0.15) is 0 Å². The van der Waals surface area contributed by atoms with Crippen LogP contribution in [0, 0.1) is 0 Å². The molecule has 0 fully saturated rings. The fourth-order valence-electron chi connectivity index (χ4n) is 2.59. The van der Waals surface area contributed by atoms with Gasteiger partial charge in [0.15, 0.2) is 0 Å². The van der Waals surface area contributed by atoms with Gasteiger partial charge < -0.3 is 10.3 Å². The molecule has 0 aliphatic carbocycles. The molecule has 0 radical (unpaired) electrons. The molecule has 0 aliphatic heterocycles. The van der Waals surface area contributed by atoms with Crippen LogP contribution in [0.1, 0.15) is 0 Å². The Bertz CT molecular complexity index is 979. The highest BCUT2D eigenvalue weighted by Gasteiger charge is 2.16. The van der Waals surface area contributed by atoms with Crippen LogP contribution in [0.25, 0.3) is 33.4 Å². The smallest absolute Gasteiger partial charge is 0.232 e. The number of hydrogen-bond donors (Lipinski definition) is 1. The highest BCUT2D eigenvalue weighted by molar-refractivity contribution is 6.30. The third-order valence-corrected chi connectivity index (χ3v) is 3.95. The molecule has 4 aromatic rings. The summed E-state index contributed by atoms with van der Waals surface area (Å²) < 4.78 is 5.13. The van der Waals surface area contributed by atoms with E-state index in [0.29, 0.717) is 16.1 Å². The Balaban J connectivity index is 2.01. The number of nitrogen functional groups attached to an aromatic ring is 1. The Morgan fingerprint density at radius 3 is 2.39 bits per heavy atom. The summed E-state index contributed by atoms with van der Waals surface area (Å²) in [4.78, 5) is 4.56. The van der Waals surface area contributed by atoms with E-state index in [0.717, 1.165) is 22.4 Å². The molecule has 23 heavy (non-hydrogen) atoms. The highest BCUT2D eigenvalue weighted by Crippen LogP contribution is 2.35. The van der Waals surface area contributed by atoms with Crippen molar-refractivity contribution in [3.05, 3.63) is 65.7 Å². The summed E-state index contributed by atoms with van der Waals surface area (Å²) in [5, 5.41) is 5.37. The zero-order valence-electron chi connectivity index (χ0n) is 12.0. The first-order valence-electron chi connectivity index (χ1n) is 7.09. The zero-order chi connectivity index (χ0) is 15.8. The maximum atomic E-state index is 5.99. The number of benzene rings is 2. The maximum absolute atomic E-state index is 5.99. The van der Waals surface area contributed by atoms with Crippen LogP contribution in [0.15, 0.2) is 65.2 Å². The minimum absolute atomic E-state index is 0.261. The summed E-state index contributed by atoms with van der Waals surface area (Å²) >= 11 is 5.99. The lowest BCUT2D eigenvalue weighted by Gasteiger charge is -2.07. The van der Waals surface area contributed by atoms with Gasteiger partial charge in [-0.15, -0.1) is 0 Å². The molecule has 0 amide bonds. The molecule has 2 aromatic heterocycles. The van der Waals surface area contributed by atoms with Crippen LogP contribution < -0.4 is 5.73 Å². The predicted molar refractivity (Wildman–Crippen MR) is 92.1 cm³/mol. The molecule has 4 nitrogen and oxygen atoms in total. The van der Waals surface area contributed by atoms with E-state index >= 15 is 0 Å². The summed E-state index contributed by atoms with van der Waals surface area (Å²) in [5.74, 6) is 0.261. The van der Waals surface area contributed by atoms with Crippen LogP contribution in [0.3, 0.4) is 0 Å². The van der Waals surface area contributed by atoms with Crippen molar-refractivity contribution in [1.29, 1.82) is 0 Å². The van der Waals surface area contributed by atoms with Gasteiger partial charge in [-0.25, -0.2) is 4.98 Å². The Morgan fingerprint density at radius 2 is 1.65 bits per heavy atom. The molecule has 0 bridgehead atoms. The average molecular weight is 322 g/mol. The Kier molecular flexibility index (Phi) is 3.24. The molecule has 0 atom stereocenters. The number of fused-ring (bicyclic) bond motifs is 1. The largest absolute Gasteiger partial charge is 0.367 e. The molecule has 0 saturated heterocycles. The monoisotopic (exact) mass is 321 g/mol. The number of rotatable bonds is 2. The van der Waals surface area contributed by atoms with Crippen LogP contribution in [0.5, 0.6) is 0 Å². The van der Waals surface area contributed by atoms with E-state index in [1.807, 2.05) is 60.7 Å². The zero-order valence-corrected chi connectivity index (χ0v) is 12.8. The normalized spacial score (nSPS) is 11.0. The molecule has 0 unspecified atom stereocenters. The number of hydrogen-bond acceptors (Lipinski definition) is 4. The lowest BCUT2D eigenvalue weighted by atomic mass is 10.0. The van der Waals surface area contributed by atoms with E-state index in [1.165, 1.54) is 0 Å². The van der Waals surface area contributed by atoms with Crippen molar-refractivity contribution in [2.75, 3.05) is 5.73 Å². The molecule has 2 heterocycles. The standard InChI is InChI=1S/C18H12ClN3O/c19-13-8-6-11(7-9-13)14-10-15(12-4-2-1-3-5-12)21-18-16(14)17(20)23-22-18/h1-10H,20H2. The molecule has 0 saturated carbocycles. The lowest BCUT2D eigenvalue weighted by Crippen LogP contribution is -1.90. The average Bonchev–Trinajstić information content (AvgIpc) is 2.97. The van der Waals surface area contributed by atoms with Crippen molar-refractivity contribution in [3.8, 4) is 22.4 Å². The van der Waals surface area contributed by atoms with E-state index in [-0.39, 0.29) is 5.88 Å². The summed E-state index contributed by atoms with van der Waals surface area (Å²) in [5.41, 5.74) is 10.2. The van der Waals surface area contributed by atoms with Crippen molar-refractivity contribution in [3.63, 3.8) is 0 Å². The lowest BCUT2D eigenvalue weighted by molar-refractivity contribution is 0.443. The topological polar surface area (TPSA) is 64.9 Å². The SMILES string of the molecule is Nc1onc2nc(-c3ccccc3)cc(-c3ccc(Cl)cc3)c12. The number of halogens is 1. The number of nitrogens with two attached hydrogens (primary N) is 1. The first-order chi connectivity index (χ1) is 11.2. The van der Waals surface area contributed by atoms with Gasteiger partial charge in [-0.1, -0.05) is 59.2 Å². The number of nitrogens with zero attached hydrogens (tertiary/aromatic N) is 2. The molecule has 0 spiro atoms. The highest BCUT2D eigenvalue weighted by atomic mass is 35.5. The van der Waals surface area contributed by atoms with E-state index in [2.05, 4.69) is 10.1 Å². The Labute approximate surface area is 137 Å². The fraction of sp³-hybridized carbons (Fsp3) is 0. The van der Waals surface area contributed by atoms with E-state index in [1.54, 1.807) is 0 Å². The first kappa shape index (κ1) is 13.8. The van der Waals surface area contributed by atoms with Crippen molar-refractivity contribution in [2.45, 2.75) is 0 Å². The van der Waals surface area contributed by atoms with Crippen molar-refractivity contribution >= 4 is 28.5 Å². The van der Waals surface area contributed by atoms with Crippen LogP contribution in [0.4, 0.5) is 5.88 Å². The van der Waals surface area contributed by atoms with Crippen molar-refractivity contribution in [2.24, 2.45) is 0 Å². The minimum atomic E-state index is 0.261. The molecule has 2 N–H and O–H groups in total.